The number of aromatic hydroxyl groups is 1. The van der Waals surface area contributed by atoms with E-state index in [9.17, 15) is 15.2 Å². The van der Waals surface area contributed by atoms with Gasteiger partial charge in [-0.15, -0.1) is 0 Å². The van der Waals surface area contributed by atoms with Crippen LogP contribution in [0.25, 0.3) is 0 Å². The van der Waals surface area contributed by atoms with Crippen molar-refractivity contribution in [2.24, 2.45) is 5.73 Å². The lowest BCUT2D eigenvalue weighted by Crippen LogP contribution is -2.12. The van der Waals surface area contributed by atoms with Gasteiger partial charge < -0.3 is 15.9 Å². The standard InChI is InChI=1S/C9H11BrN2O4/c10-7-4-5(12(15)16)3-6(9(7)14)8(11)1-2-13/h3-4,8,13-14H,1-2,11H2/t8-/m0/s1. The number of phenolic OH excluding ortho intramolecular Hbond substituents is 1. The molecule has 0 fully saturated rings. The number of phenols is 1. The van der Waals surface area contributed by atoms with Gasteiger partial charge in [-0.1, -0.05) is 0 Å². The summed E-state index contributed by atoms with van der Waals surface area (Å²) in [5.41, 5.74) is 5.77. The molecule has 16 heavy (non-hydrogen) atoms. The van der Waals surface area contributed by atoms with E-state index in [1.165, 1.54) is 12.1 Å². The van der Waals surface area contributed by atoms with Gasteiger partial charge in [0.2, 0.25) is 0 Å². The number of aliphatic hydroxyl groups is 1. The second-order valence-electron chi connectivity index (χ2n) is 3.24. The minimum absolute atomic E-state index is 0.133. The second kappa shape index (κ2) is 5.24. The van der Waals surface area contributed by atoms with Crippen molar-refractivity contribution >= 4 is 21.6 Å². The monoisotopic (exact) mass is 290 g/mol. The smallest absolute Gasteiger partial charge is 0.271 e. The predicted molar refractivity (Wildman–Crippen MR) is 61.1 cm³/mol. The molecule has 0 aliphatic heterocycles. The van der Waals surface area contributed by atoms with E-state index in [4.69, 9.17) is 10.8 Å². The van der Waals surface area contributed by atoms with Crippen molar-refractivity contribution in [1.29, 1.82) is 0 Å². The molecular weight excluding hydrogens is 280 g/mol. The largest absolute Gasteiger partial charge is 0.506 e. The molecule has 1 aromatic carbocycles. The number of aliphatic hydroxyl groups excluding tert-OH is 1. The molecule has 0 aliphatic carbocycles. The van der Waals surface area contributed by atoms with Crippen LogP contribution < -0.4 is 5.73 Å². The molecule has 0 amide bonds. The number of hydrogen-bond acceptors (Lipinski definition) is 5. The van der Waals surface area contributed by atoms with Crippen LogP contribution in [0.15, 0.2) is 16.6 Å². The summed E-state index contributed by atoms with van der Waals surface area (Å²) in [5, 5.41) is 29.0. The lowest BCUT2D eigenvalue weighted by Gasteiger charge is -2.13. The van der Waals surface area contributed by atoms with Crippen molar-refractivity contribution in [3.63, 3.8) is 0 Å². The maximum absolute atomic E-state index is 10.6. The molecule has 4 N–H and O–H groups in total. The van der Waals surface area contributed by atoms with Gasteiger partial charge in [0.15, 0.2) is 0 Å². The number of benzene rings is 1. The summed E-state index contributed by atoms with van der Waals surface area (Å²) in [4.78, 5) is 10.0. The number of halogens is 1. The van der Waals surface area contributed by atoms with E-state index in [1.807, 2.05) is 0 Å². The highest BCUT2D eigenvalue weighted by atomic mass is 79.9. The topological polar surface area (TPSA) is 110 Å². The summed E-state index contributed by atoms with van der Waals surface area (Å²) in [7, 11) is 0. The third-order valence-corrected chi connectivity index (χ3v) is 2.73. The third kappa shape index (κ3) is 2.69. The molecule has 88 valence electrons. The van der Waals surface area contributed by atoms with E-state index in [0.29, 0.717) is 0 Å². The Kier molecular flexibility index (Phi) is 4.22. The first kappa shape index (κ1) is 12.9. The van der Waals surface area contributed by atoms with Crippen LogP contribution in [0.3, 0.4) is 0 Å². The Morgan fingerprint density at radius 2 is 2.19 bits per heavy atom. The molecule has 1 rings (SSSR count). The number of nitrogens with two attached hydrogens (primary N) is 1. The highest BCUT2D eigenvalue weighted by molar-refractivity contribution is 9.10. The Labute approximate surface area is 100.0 Å². The van der Waals surface area contributed by atoms with Gasteiger partial charge in [0, 0.05) is 30.3 Å². The third-order valence-electron chi connectivity index (χ3n) is 2.13. The molecule has 1 atom stereocenters. The van der Waals surface area contributed by atoms with E-state index >= 15 is 0 Å². The van der Waals surface area contributed by atoms with Gasteiger partial charge in [-0.25, -0.2) is 0 Å². The van der Waals surface area contributed by atoms with Gasteiger partial charge >= 0.3 is 0 Å². The highest BCUT2D eigenvalue weighted by Gasteiger charge is 2.18. The van der Waals surface area contributed by atoms with Gasteiger partial charge in [0.1, 0.15) is 5.75 Å². The van der Waals surface area contributed by atoms with Crippen molar-refractivity contribution < 1.29 is 15.1 Å². The van der Waals surface area contributed by atoms with E-state index in [0.717, 1.165) is 0 Å². The van der Waals surface area contributed by atoms with E-state index < -0.39 is 11.0 Å². The number of hydrogen-bond donors (Lipinski definition) is 3. The number of non-ortho nitro benzene ring substituents is 1. The Balaban J connectivity index is 3.21. The molecule has 6 nitrogen and oxygen atoms in total. The van der Waals surface area contributed by atoms with Crippen molar-refractivity contribution in [3.05, 3.63) is 32.3 Å². The molecule has 0 bridgehead atoms. The Morgan fingerprint density at radius 1 is 1.56 bits per heavy atom. The van der Waals surface area contributed by atoms with Crippen molar-refractivity contribution in [2.75, 3.05) is 6.61 Å². The minimum atomic E-state index is -0.638. The Bertz CT molecular complexity index is 411. The molecule has 1 aromatic rings. The Morgan fingerprint density at radius 3 is 2.69 bits per heavy atom. The molecule has 0 saturated heterocycles. The van der Waals surface area contributed by atoms with Crippen molar-refractivity contribution in [2.45, 2.75) is 12.5 Å². The average molecular weight is 291 g/mol. The molecular formula is C9H11BrN2O4. The molecule has 0 aromatic heterocycles. The van der Waals surface area contributed by atoms with E-state index in [2.05, 4.69) is 15.9 Å². The van der Waals surface area contributed by atoms with Crippen molar-refractivity contribution in [1.82, 2.24) is 0 Å². The van der Waals surface area contributed by atoms with Crippen LogP contribution in [0.4, 0.5) is 5.69 Å². The summed E-state index contributed by atoms with van der Waals surface area (Å²) < 4.78 is 0.213. The molecule has 0 saturated carbocycles. The van der Waals surface area contributed by atoms with Gasteiger partial charge in [-0.05, 0) is 22.4 Å². The zero-order valence-corrected chi connectivity index (χ0v) is 9.85. The fourth-order valence-electron chi connectivity index (χ4n) is 1.29. The second-order valence-corrected chi connectivity index (χ2v) is 4.10. The number of nitro benzene ring substituents is 1. The zero-order valence-electron chi connectivity index (χ0n) is 8.26. The van der Waals surface area contributed by atoms with Crippen LogP contribution in [0, 0.1) is 10.1 Å². The van der Waals surface area contributed by atoms with Gasteiger partial charge in [0.25, 0.3) is 5.69 Å². The van der Waals surface area contributed by atoms with Crippen LogP contribution in [0.1, 0.15) is 18.0 Å². The molecule has 0 spiro atoms. The first-order chi connectivity index (χ1) is 7.47. The maximum Gasteiger partial charge on any atom is 0.271 e. The van der Waals surface area contributed by atoms with Gasteiger partial charge in [0.05, 0.1) is 9.40 Å². The van der Waals surface area contributed by atoms with Crippen LogP contribution in [0.5, 0.6) is 5.75 Å². The maximum atomic E-state index is 10.6. The number of nitro groups is 1. The first-order valence-corrected chi connectivity index (χ1v) is 5.30. The lowest BCUT2D eigenvalue weighted by atomic mass is 10.0. The van der Waals surface area contributed by atoms with Crippen molar-refractivity contribution in [3.8, 4) is 5.75 Å². The van der Waals surface area contributed by atoms with Gasteiger partial charge in [-0.2, -0.15) is 0 Å². The molecule has 0 heterocycles. The summed E-state index contributed by atoms with van der Waals surface area (Å²) in [6, 6.07) is 1.77. The van der Waals surface area contributed by atoms with Gasteiger partial charge in [-0.3, -0.25) is 10.1 Å². The SMILES string of the molecule is N[C@@H](CCO)c1cc([N+](=O)[O-])cc(Br)c1O. The lowest BCUT2D eigenvalue weighted by molar-refractivity contribution is -0.385. The normalized spacial score (nSPS) is 12.4. The van der Waals surface area contributed by atoms with Crippen LogP contribution in [-0.4, -0.2) is 21.7 Å². The molecule has 7 heteroatoms. The van der Waals surface area contributed by atoms with Crippen LogP contribution in [-0.2, 0) is 0 Å². The summed E-state index contributed by atoms with van der Waals surface area (Å²) in [6.45, 7) is -0.152. The van der Waals surface area contributed by atoms with E-state index in [-0.39, 0.29) is 34.5 Å². The first-order valence-electron chi connectivity index (χ1n) is 4.50. The molecule has 0 unspecified atom stereocenters. The highest BCUT2D eigenvalue weighted by Crippen LogP contribution is 2.35. The fraction of sp³-hybridized carbons (Fsp3) is 0.333. The molecule has 0 radical (unpaired) electrons. The average Bonchev–Trinajstić information content (AvgIpc) is 2.21. The van der Waals surface area contributed by atoms with E-state index in [1.54, 1.807) is 0 Å². The summed E-state index contributed by atoms with van der Waals surface area (Å²) >= 11 is 3.01. The predicted octanol–water partition coefficient (Wildman–Crippen LogP) is 1.45. The Hall–Kier alpha value is -1.18. The minimum Gasteiger partial charge on any atom is -0.506 e. The summed E-state index contributed by atoms with van der Waals surface area (Å²) in [6.07, 6.45) is 0.223. The number of rotatable bonds is 4. The summed E-state index contributed by atoms with van der Waals surface area (Å²) in [5.74, 6) is -0.133. The van der Waals surface area contributed by atoms with Crippen LogP contribution in [0.2, 0.25) is 0 Å². The van der Waals surface area contributed by atoms with Crippen LogP contribution >= 0.6 is 15.9 Å². The quantitative estimate of drug-likeness (QED) is 0.574. The zero-order chi connectivity index (χ0) is 12.3. The molecule has 0 aliphatic rings. The fourth-order valence-corrected chi connectivity index (χ4v) is 1.75. The number of nitrogens with zero attached hydrogens (tertiary/aromatic N) is 1.